The fourth-order valence-electron chi connectivity index (χ4n) is 2.47. The Morgan fingerprint density at radius 1 is 1.20 bits per heavy atom. The molecule has 1 N–H and O–H groups in total. The molecule has 0 unspecified atom stereocenters. The second kappa shape index (κ2) is 7.98. The maximum absolute atomic E-state index is 12.4. The number of pyridine rings is 1. The molecular formula is C19H20N4OS. The van der Waals surface area contributed by atoms with Crippen LogP contribution in [-0.4, -0.2) is 26.4 Å². The highest BCUT2D eigenvalue weighted by atomic mass is 32.2. The first-order valence-corrected chi connectivity index (χ1v) is 9.10. The Labute approximate surface area is 151 Å². The van der Waals surface area contributed by atoms with Gasteiger partial charge in [-0.1, -0.05) is 25.1 Å². The standard InChI is InChI=1S/C19H20N4OS/c1-3-25-18-7-5-4-6-16(18)19(24)21-11-14-8-9-17(20-10-14)15-12-22-23(2)13-15/h4-10,12-13H,3,11H2,1-2H3,(H,21,24). The van der Waals surface area contributed by atoms with E-state index in [9.17, 15) is 4.79 Å². The molecule has 25 heavy (non-hydrogen) atoms. The monoisotopic (exact) mass is 352 g/mol. The zero-order valence-corrected chi connectivity index (χ0v) is 15.1. The van der Waals surface area contributed by atoms with Gasteiger partial charge in [-0.15, -0.1) is 11.8 Å². The lowest BCUT2D eigenvalue weighted by atomic mass is 10.2. The lowest BCUT2D eigenvalue weighted by Gasteiger charge is -2.09. The van der Waals surface area contributed by atoms with Gasteiger partial charge >= 0.3 is 0 Å². The van der Waals surface area contributed by atoms with Crippen LogP contribution in [0.25, 0.3) is 11.3 Å². The van der Waals surface area contributed by atoms with Gasteiger partial charge in [-0.2, -0.15) is 5.10 Å². The number of hydrogen-bond acceptors (Lipinski definition) is 4. The van der Waals surface area contributed by atoms with E-state index < -0.39 is 0 Å². The van der Waals surface area contributed by atoms with E-state index in [0.717, 1.165) is 27.5 Å². The van der Waals surface area contributed by atoms with E-state index >= 15 is 0 Å². The normalized spacial score (nSPS) is 10.6. The highest BCUT2D eigenvalue weighted by Gasteiger charge is 2.10. The Hall–Kier alpha value is -2.60. The molecule has 5 nitrogen and oxygen atoms in total. The Bertz CT molecular complexity index is 858. The third-order valence-corrected chi connectivity index (χ3v) is 4.67. The number of amides is 1. The number of rotatable bonds is 6. The molecule has 0 bridgehead atoms. The van der Waals surface area contributed by atoms with Gasteiger partial charge in [0.1, 0.15) is 0 Å². The summed E-state index contributed by atoms with van der Waals surface area (Å²) in [6.45, 7) is 2.53. The smallest absolute Gasteiger partial charge is 0.252 e. The quantitative estimate of drug-likeness (QED) is 0.690. The zero-order chi connectivity index (χ0) is 17.6. The van der Waals surface area contributed by atoms with Gasteiger partial charge in [0.2, 0.25) is 0 Å². The van der Waals surface area contributed by atoms with Crippen molar-refractivity contribution in [1.82, 2.24) is 20.1 Å². The molecule has 0 aliphatic carbocycles. The molecule has 2 aromatic heterocycles. The van der Waals surface area contributed by atoms with Gasteiger partial charge in [0.15, 0.2) is 0 Å². The molecule has 0 atom stereocenters. The topological polar surface area (TPSA) is 59.8 Å². The first-order valence-electron chi connectivity index (χ1n) is 8.11. The fraction of sp³-hybridized carbons (Fsp3) is 0.211. The van der Waals surface area contributed by atoms with Crippen LogP contribution in [0.1, 0.15) is 22.8 Å². The van der Waals surface area contributed by atoms with Crippen LogP contribution in [0.2, 0.25) is 0 Å². The minimum absolute atomic E-state index is 0.0621. The minimum atomic E-state index is -0.0621. The molecule has 0 spiro atoms. The highest BCUT2D eigenvalue weighted by Crippen LogP contribution is 2.22. The van der Waals surface area contributed by atoms with Gasteiger partial charge < -0.3 is 5.32 Å². The van der Waals surface area contributed by atoms with Crippen LogP contribution in [0.5, 0.6) is 0 Å². The van der Waals surface area contributed by atoms with Crippen molar-refractivity contribution in [2.75, 3.05) is 5.75 Å². The molecule has 128 valence electrons. The van der Waals surface area contributed by atoms with E-state index in [1.54, 1.807) is 28.8 Å². The van der Waals surface area contributed by atoms with Gasteiger partial charge in [-0.05, 0) is 29.5 Å². The Balaban J connectivity index is 1.64. The number of carbonyl (C=O) groups is 1. The van der Waals surface area contributed by atoms with E-state index in [0.29, 0.717) is 12.1 Å². The van der Waals surface area contributed by atoms with Gasteiger partial charge in [0, 0.05) is 36.4 Å². The van der Waals surface area contributed by atoms with Gasteiger partial charge in [-0.3, -0.25) is 14.5 Å². The van der Waals surface area contributed by atoms with E-state index in [4.69, 9.17) is 0 Å². The molecule has 0 saturated heterocycles. The van der Waals surface area contributed by atoms with Crippen LogP contribution in [0.4, 0.5) is 0 Å². The summed E-state index contributed by atoms with van der Waals surface area (Å²) in [5.74, 6) is 0.872. The maximum atomic E-state index is 12.4. The fourth-order valence-corrected chi connectivity index (χ4v) is 3.27. The average molecular weight is 352 g/mol. The van der Waals surface area contributed by atoms with Crippen molar-refractivity contribution < 1.29 is 4.79 Å². The van der Waals surface area contributed by atoms with Crippen LogP contribution in [0.15, 0.2) is 59.9 Å². The van der Waals surface area contributed by atoms with Crippen molar-refractivity contribution >= 4 is 17.7 Å². The SMILES string of the molecule is CCSc1ccccc1C(=O)NCc1ccc(-c2cnn(C)c2)nc1. The Morgan fingerprint density at radius 3 is 2.72 bits per heavy atom. The zero-order valence-electron chi connectivity index (χ0n) is 14.3. The summed E-state index contributed by atoms with van der Waals surface area (Å²) in [4.78, 5) is 17.9. The number of carbonyl (C=O) groups excluding carboxylic acids is 1. The van der Waals surface area contributed by atoms with Crippen LogP contribution < -0.4 is 5.32 Å². The summed E-state index contributed by atoms with van der Waals surface area (Å²) in [6, 6.07) is 11.6. The molecule has 6 heteroatoms. The van der Waals surface area contributed by atoms with E-state index in [-0.39, 0.29) is 5.91 Å². The molecule has 3 rings (SSSR count). The summed E-state index contributed by atoms with van der Waals surface area (Å²) >= 11 is 1.67. The third-order valence-electron chi connectivity index (χ3n) is 3.71. The van der Waals surface area contributed by atoms with Gasteiger partial charge in [-0.25, -0.2) is 0 Å². The summed E-state index contributed by atoms with van der Waals surface area (Å²) in [7, 11) is 1.88. The van der Waals surface area contributed by atoms with Crippen molar-refractivity contribution in [1.29, 1.82) is 0 Å². The van der Waals surface area contributed by atoms with Crippen LogP contribution in [-0.2, 0) is 13.6 Å². The summed E-state index contributed by atoms with van der Waals surface area (Å²) < 4.78 is 1.75. The van der Waals surface area contributed by atoms with Crippen molar-refractivity contribution in [3.8, 4) is 11.3 Å². The first kappa shape index (κ1) is 17.2. The lowest BCUT2D eigenvalue weighted by molar-refractivity contribution is 0.0948. The highest BCUT2D eigenvalue weighted by molar-refractivity contribution is 7.99. The van der Waals surface area contributed by atoms with E-state index in [1.165, 1.54) is 0 Å². The predicted molar refractivity (Wildman–Crippen MR) is 100 cm³/mol. The molecule has 0 aliphatic rings. The van der Waals surface area contributed by atoms with Crippen molar-refractivity contribution in [3.63, 3.8) is 0 Å². The summed E-state index contributed by atoms with van der Waals surface area (Å²) in [5, 5.41) is 7.12. The third kappa shape index (κ3) is 4.28. The first-order chi connectivity index (χ1) is 12.2. The molecule has 0 radical (unpaired) electrons. The predicted octanol–water partition coefficient (Wildman–Crippen LogP) is 3.52. The minimum Gasteiger partial charge on any atom is -0.348 e. The molecule has 1 aromatic carbocycles. The number of benzene rings is 1. The molecule has 0 aliphatic heterocycles. The molecule has 0 fully saturated rings. The average Bonchev–Trinajstić information content (AvgIpc) is 3.07. The second-order valence-electron chi connectivity index (χ2n) is 5.57. The second-order valence-corrected chi connectivity index (χ2v) is 6.87. The number of aromatic nitrogens is 3. The number of nitrogens with one attached hydrogen (secondary N) is 1. The molecule has 3 aromatic rings. The molecule has 2 heterocycles. The largest absolute Gasteiger partial charge is 0.348 e. The summed E-state index contributed by atoms with van der Waals surface area (Å²) in [6.07, 6.45) is 5.49. The van der Waals surface area contributed by atoms with Crippen LogP contribution in [0.3, 0.4) is 0 Å². The lowest BCUT2D eigenvalue weighted by Crippen LogP contribution is -2.23. The maximum Gasteiger partial charge on any atom is 0.252 e. The Morgan fingerprint density at radius 2 is 2.04 bits per heavy atom. The van der Waals surface area contributed by atoms with E-state index in [2.05, 4.69) is 22.3 Å². The number of thioether (sulfide) groups is 1. The van der Waals surface area contributed by atoms with Crippen molar-refractivity contribution in [2.45, 2.75) is 18.4 Å². The van der Waals surface area contributed by atoms with Crippen LogP contribution in [0, 0.1) is 0 Å². The molecule has 0 saturated carbocycles. The number of nitrogens with zero attached hydrogens (tertiary/aromatic N) is 3. The summed E-state index contributed by atoms with van der Waals surface area (Å²) in [5.41, 5.74) is 3.52. The number of hydrogen-bond donors (Lipinski definition) is 1. The van der Waals surface area contributed by atoms with E-state index in [1.807, 2.05) is 49.6 Å². The molecule has 1 amide bonds. The van der Waals surface area contributed by atoms with Crippen LogP contribution >= 0.6 is 11.8 Å². The Kier molecular flexibility index (Phi) is 5.50. The molecular weight excluding hydrogens is 332 g/mol. The number of aryl methyl sites for hydroxylation is 1. The van der Waals surface area contributed by atoms with Gasteiger partial charge in [0.25, 0.3) is 5.91 Å². The van der Waals surface area contributed by atoms with Gasteiger partial charge in [0.05, 0.1) is 17.5 Å². The van der Waals surface area contributed by atoms with Crippen molar-refractivity contribution in [3.05, 3.63) is 66.1 Å². The van der Waals surface area contributed by atoms with Crippen molar-refractivity contribution in [2.24, 2.45) is 7.05 Å².